The normalized spacial score (nSPS) is 10.8. The molecule has 0 saturated carbocycles. The standard InChI is InChI=1S/C24H30N4O2S/c1-5-7-14-30-21-12-9-19(10-13-21)23-26-27-24(28(23)6-2)31-16-22(29)25-20-11-8-17(3)18(4)15-20/h8-13,15H,5-7,14,16H2,1-4H3,(H,25,29). The third-order valence-corrected chi connectivity index (χ3v) is 6.00. The average Bonchev–Trinajstić information content (AvgIpc) is 3.18. The molecule has 6 nitrogen and oxygen atoms in total. The molecule has 1 N–H and O–H groups in total. The number of carbonyl (C=O) groups is 1. The fourth-order valence-corrected chi connectivity index (χ4v) is 3.88. The molecule has 0 aliphatic carbocycles. The molecule has 0 radical (unpaired) electrons. The summed E-state index contributed by atoms with van der Waals surface area (Å²) in [5.41, 5.74) is 4.15. The Balaban J connectivity index is 1.63. The van der Waals surface area contributed by atoms with Gasteiger partial charge < -0.3 is 14.6 Å². The van der Waals surface area contributed by atoms with Gasteiger partial charge in [-0.2, -0.15) is 0 Å². The van der Waals surface area contributed by atoms with Crippen LogP contribution in [0.3, 0.4) is 0 Å². The number of aromatic nitrogens is 3. The Morgan fingerprint density at radius 2 is 1.84 bits per heavy atom. The molecule has 3 aromatic rings. The second kappa shape index (κ2) is 11.0. The molecule has 1 aromatic heterocycles. The van der Waals surface area contributed by atoms with Gasteiger partial charge in [0, 0.05) is 17.8 Å². The number of nitrogens with zero attached hydrogens (tertiary/aromatic N) is 3. The van der Waals surface area contributed by atoms with Crippen molar-refractivity contribution in [2.24, 2.45) is 0 Å². The number of unbranched alkanes of at least 4 members (excludes halogenated alkanes) is 1. The van der Waals surface area contributed by atoms with Crippen molar-refractivity contribution in [2.75, 3.05) is 17.7 Å². The van der Waals surface area contributed by atoms with E-state index in [9.17, 15) is 4.79 Å². The predicted molar refractivity (Wildman–Crippen MR) is 127 cm³/mol. The Kier molecular flexibility index (Phi) is 8.12. The van der Waals surface area contributed by atoms with Gasteiger partial charge in [0.15, 0.2) is 11.0 Å². The summed E-state index contributed by atoms with van der Waals surface area (Å²) in [6, 6.07) is 13.8. The second-order valence-corrected chi connectivity index (χ2v) is 8.36. The van der Waals surface area contributed by atoms with E-state index in [0.29, 0.717) is 0 Å². The molecule has 1 amide bonds. The minimum atomic E-state index is -0.0611. The van der Waals surface area contributed by atoms with Crippen molar-refractivity contribution >= 4 is 23.4 Å². The lowest BCUT2D eigenvalue weighted by Crippen LogP contribution is -2.14. The van der Waals surface area contributed by atoms with Crippen LogP contribution in [0.2, 0.25) is 0 Å². The van der Waals surface area contributed by atoms with Crippen LogP contribution in [0.15, 0.2) is 47.6 Å². The van der Waals surface area contributed by atoms with E-state index in [1.807, 2.05) is 60.9 Å². The minimum Gasteiger partial charge on any atom is -0.494 e. The molecule has 0 aliphatic heterocycles. The number of rotatable bonds is 10. The van der Waals surface area contributed by atoms with Crippen molar-refractivity contribution < 1.29 is 9.53 Å². The molecule has 0 unspecified atom stereocenters. The van der Waals surface area contributed by atoms with Gasteiger partial charge in [0.1, 0.15) is 5.75 Å². The van der Waals surface area contributed by atoms with E-state index in [1.54, 1.807) is 0 Å². The van der Waals surface area contributed by atoms with Crippen molar-refractivity contribution in [3.63, 3.8) is 0 Å². The molecule has 0 fully saturated rings. The maximum absolute atomic E-state index is 12.4. The van der Waals surface area contributed by atoms with E-state index in [4.69, 9.17) is 4.74 Å². The SMILES string of the molecule is CCCCOc1ccc(-c2nnc(SCC(=O)Nc3ccc(C)c(C)c3)n2CC)cc1. The molecule has 0 aliphatic rings. The van der Waals surface area contributed by atoms with Crippen LogP contribution in [0.4, 0.5) is 5.69 Å². The summed E-state index contributed by atoms with van der Waals surface area (Å²) >= 11 is 1.39. The van der Waals surface area contributed by atoms with Crippen molar-refractivity contribution in [1.82, 2.24) is 14.8 Å². The van der Waals surface area contributed by atoms with E-state index in [0.717, 1.165) is 59.5 Å². The number of hydrogen-bond donors (Lipinski definition) is 1. The third-order valence-electron chi connectivity index (χ3n) is 5.04. The maximum atomic E-state index is 12.4. The predicted octanol–water partition coefficient (Wildman–Crippen LogP) is 5.49. The lowest BCUT2D eigenvalue weighted by atomic mass is 10.1. The molecule has 31 heavy (non-hydrogen) atoms. The first-order chi connectivity index (χ1) is 15.0. The summed E-state index contributed by atoms with van der Waals surface area (Å²) in [4.78, 5) is 12.4. The molecule has 7 heteroatoms. The van der Waals surface area contributed by atoms with Crippen LogP contribution >= 0.6 is 11.8 Å². The maximum Gasteiger partial charge on any atom is 0.234 e. The molecule has 164 valence electrons. The van der Waals surface area contributed by atoms with Crippen LogP contribution in [-0.4, -0.2) is 33.0 Å². The van der Waals surface area contributed by atoms with E-state index >= 15 is 0 Å². The molecule has 0 bridgehead atoms. The van der Waals surface area contributed by atoms with Crippen molar-refractivity contribution in [3.8, 4) is 17.1 Å². The Morgan fingerprint density at radius 1 is 1.06 bits per heavy atom. The van der Waals surface area contributed by atoms with Gasteiger partial charge >= 0.3 is 0 Å². The second-order valence-electron chi connectivity index (χ2n) is 7.41. The van der Waals surface area contributed by atoms with E-state index in [-0.39, 0.29) is 11.7 Å². The fourth-order valence-electron chi connectivity index (χ4n) is 3.08. The van der Waals surface area contributed by atoms with Gasteiger partial charge in [-0.05, 0) is 74.7 Å². The van der Waals surface area contributed by atoms with Crippen molar-refractivity contribution in [2.45, 2.75) is 52.2 Å². The van der Waals surface area contributed by atoms with Crippen LogP contribution in [-0.2, 0) is 11.3 Å². The summed E-state index contributed by atoms with van der Waals surface area (Å²) in [6.45, 7) is 9.74. The highest BCUT2D eigenvalue weighted by atomic mass is 32.2. The first-order valence-corrected chi connectivity index (χ1v) is 11.7. The van der Waals surface area contributed by atoms with Gasteiger partial charge in [-0.1, -0.05) is 31.2 Å². The number of carbonyl (C=O) groups excluding carboxylic acids is 1. The van der Waals surface area contributed by atoms with Gasteiger partial charge in [0.25, 0.3) is 0 Å². The number of nitrogens with one attached hydrogen (secondary N) is 1. The average molecular weight is 439 g/mol. The summed E-state index contributed by atoms with van der Waals surface area (Å²) in [6.07, 6.45) is 2.16. The zero-order valence-corrected chi connectivity index (χ0v) is 19.5. The number of benzene rings is 2. The number of amides is 1. The van der Waals surface area contributed by atoms with Crippen LogP contribution in [0.1, 0.15) is 37.8 Å². The number of hydrogen-bond acceptors (Lipinski definition) is 5. The summed E-state index contributed by atoms with van der Waals surface area (Å²) < 4.78 is 7.76. The van der Waals surface area contributed by atoms with Gasteiger partial charge in [0.05, 0.1) is 12.4 Å². The molecule has 0 atom stereocenters. The van der Waals surface area contributed by atoms with Crippen LogP contribution < -0.4 is 10.1 Å². The summed E-state index contributed by atoms with van der Waals surface area (Å²) in [5, 5.41) is 12.4. The quantitative estimate of drug-likeness (QED) is 0.335. The highest BCUT2D eigenvalue weighted by molar-refractivity contribution is 7.99. The fraction of sp³-hybridized carbons (Fsp3) is 0.375. The largest absolute Gasteiger partial charge is 0.494 e. The molecule has 3 rings (SSSR count). The smallest absolute Gasteiger partial charge is 0.234 e. The molecule has 1 heterocycles. The van der Waals surface area contributed by atoms with E-state index < -0.39 is 0 Å². The van der Waals surface area contributed by atoms with E-state index in [2.05, 4.69) is 29.4 Å². The first-order valence-electron chi connectivity index (χ1n) is 10.7. The van der Waals surface area contributed by atoms with Crippen LogP contribution in [0.5, 0.6) is 5.75 Å². The van der Waals surface area contributed by atoms with Gasteiger partial charge in [-0.25, -0.2) is 0 Å². The molecular weight excluding hydrogens is 408 g/mol. The number of thioether (sulfide) groups is 1. The minimum absolute atomic E-state index is 0.0611. The number of anilines is 1. The first kappa shape index (κ1) is 22.9. The van der Waals surface area contributed by atoms with Crippen molar-refractivity contribution in [3.05, 3.63) is 53.6 Å². The van der Waals surface area contributed by atoms with Crippen LogP contribution in [0, 0.1) is 13.8 Å². The number of aryl methyl sites for hydroxylation is 2. The zero-order valence-electron chi connectivity index (χ0n) is 18.6. The molecule has 2 aromatic carbocycles. The van der Waals surface area contributed by atoms with E-state index in [1.165, 1.54) is 17.3 Å². The topological polar surface area (TPSA) is 69.0 Å². The highest BCUT2D eigenvalue weighted by Crippen LogP contribution is 2.26. The van der Waals surface area contributed by atoms with Gasteiger partial charge in [-0.15, -0.1) is 10.2 Å². The Bertz CT molecular complexity index is 1010. The van der Waals surface area contributed by atoms with Crippen molar-refractivity contribution in [1.29, 1.82) is 0 Å². The van der Waals surface area contributed by atoms with Gasteiger partial charge in [-0.3, -0.25) is 4.79 Å². The lowest BCUT2D eigenvalue weighted by Gasteiger charge is -2.09. The molecule has 0 spiro atoms. The monoisotopic (exact) mass is 438 g/mol. The zero-order chi connectivity index (χ0) is 22.2. The lowest BCUT2D eigenvalue weighted by molar-refractivity contribution is -0.113. The highest BCUT2D eigenvalue weighted by Gasteiger charge is 2.15. The third kappa shape index (κ3) is 6.10. The van der Waals surface area contributed by atoms with Gasteiger partial charge in [0.2, 0.25) is 5.91 Å². The Hall–Kier alpha value is -2.80. The Labute approximate surface area is 188 Å². The van der Waals surface area contributed by atoms with Crippen LogP contribution in [0.25, 0.3) is 11.4 Å². The molecule has 0 saturated heterocycles. The number of ether oxygens (including phenoxy) is 1. The Morgan fingerprint density at radius 3 is 2.52 bits per heavy atom. The summed E-state index contributed by atoms with van der Waals surface area (Å²) in [7, 11) is 0. The molecular formula is C24H30N4O2S. The summed E-state index contributed by atoms with van der Waals surface area (Å²) in [5.74, 6) is 1.86.